The van der Waals surface area contributed by atoms with Gasteiger partial charge in [0.1, 0.15) is 11.8 Å². The molecule has 118 valence electrons. The minimum atomic E-state index is -0.724. The van der Waals surface area contributed by atoms with E-state index in [4.69, 9.17) is 10.00 Å². The van der Waals surface area contributed by atoms with Gasteiger partial charge in [-0.05, 0) is 30.5 Å². The summed E-state index contributed by atoms with van der Waals surface area (Å²) < 4.78 is 5.65. The smallest absolute Gasteiger partial charge is 0.265 e. The first-order valence-electron chi connectivity index (χ1n) is 7.63. The Morgan fingerprint density at radius 2 is 1.75 bits per heavy atom. The van der Waals surface area contributed by atoms with Gasteiger partial charge in [-0.1, -0.05) is 48.5 Å². The highest BCUT2D eigenvalue weighted by Gasteiger charge is 2.17. The number of amides is 1. The molecule has 0 aliphatic rings. The Labute approximate surface area is 140 Å². The van der Waals surface area contributed by atoms with Crippen molar-refractivity contribution in [2.75, 3.05) is 5.32 Å². The van der Waals surface area contributed by atoms with Gasteiger partial charge in [-0.2, -0.15) is 5.26 Å². The number of nitrogens with one attached hydrogen (secondary N) is 1. The number of carbonyl (C=O) groups excluding carboxylic acids is 1. The second-order valence-corrected chi connectivity index (χ2v) is 5.38. The van der Waals surface area contributed by atoms with E-state index < -0.39 is 6.10 Å². The topological polar surface area (TPSA) is 62.1 Å². The Morgan fingerprint density at radius 3 is 2.58 bits per heavy atom. The number of hydrogen-bond donors (Lipinski definition) is 1. The highest BCUT2D eigenvalue weighted by molar-refractivity contribution is 6.03. The Balaban J connectivity index is 1.78. The molecule has 0 heterocycles. The predicted molar refractivity (Wildman–Crippen MR) is 93.8 cm³/mol. The van der Waals surface area contributed by atoms with E-state index in [9.17, 15) is 4.79 Å². The summed E-state index contributed by atoms with van der Waals surface area (Å²) in [6, 6.07) is 22.5. The summed E-state index contributed by atoms with van der Waals surface area (Å²) in [6.07, 6.45) is -0.724. The Bertz CT molecular complexity index is 923. The summed E-state index contributed by atoms with van der Waals surface area (Å²) in [6.45, 7) is 1.66. The molecule has 3 aromatic carbocycles. The van der Waals surface area contributed by atoms with Crippen molar-refractivity contribution in [3.05, 3.63) is 72.3 Å². The molecule has 4 heteroatoms. The van der Waals surface area contributed by atoms with Crippen molar-refractivity contribution in [3.8, 4) is 11.8 Å². The van der Waals surface area contributed by atoms with E-state index in [1.807, 2.05) is 42.5 Å². The molecular formula is C20H16N2O2. The van der Waals surface area contributed by atoms with E-state index in [1.54, 1.807) is 31.2 Å². The van der Waals surface area contributed by atoms with E-state index in [-0.39, 0.29) is 5.91 Å². The molecular weight excluding hydrogens is 300 g/mol. The van der Waals surface area contributed by atoms with Gasteiger partial charge in [0, 0.05) is 11.1 Å². The van der Waals surface area contributed by atoms with Crippen molar-refractivity contribution in [2.45, 2.75) is 13.0 Å². The average molecular weight is 316 g/mol. The number of rotatable bonds is 4. The van der Waals surface area contributed by atoms with Crippen LogP contribution in [0.2, 0.25) is 0 Å². The fourth-order valence-electron chi connectivity index (χ4n) is 2.47. The van der Waals surface area contributed by atoms with E-state index in [2.05, 4.69) is 11.4 Å². The maximum Gasteiger partial charge on any atom is 0.265 e. The van der Waals surface area contributed by atoms with Crippen LogP contribution in [0.25, 0.3) is 10.8 Å². The Morgan fingerprint density at radius 1 is 1.04 bits per heavy atom. The largest absolute Gasteiger partial charge is 0.480 e. The lowest BCUT2D eigenvalue weighted by molar-refractivity contribution is -0.122. The highest BCUT2D eigenvalue weighted by atomic mass is 16.5. The molecule has 0 unspecified atom stereocenters. The van der Waals surface area contributed by atoms with Crippen LogP contribution in [-0.4, -0.2) is 12.0 Å². The first-order valence-corrected chi connectivity index (χ1v) is 7.63. The van der Waals surface area contributed by atoms with E-state index in [0.717, 1.165) is 16.5 Å². The number of anilines is 1. The summed E-state index contributed by atoms with van der Waals surface area (Å²) in [4.78, 5) is 12.4. The van der Waals surface area contributed by atoms with Crippen LogP contribution in [0, 0.1) is 11.3 Å². The molecule has 4 nitrogen and oxygen atoms in total. The molecule has 0 radical (unpaired) electrons. The first-order chi connectivity index (χ1) is 11.7. The van der Waals surface area contributed by atoms with Gasteiger partial charge in [-0.25, -0.2) is 0 Å². The monoisotopic (exact) mass is 316 g/mol. The van der Waals surface area contributed by atoms with Crippen LogP contribution in [-0.2, 0) is 4.79 Å². The van der Waals surface area contributed by atoms with Crippen LogP contribution in [0.3, 0.4) is 0 Å². The van der Waals surface area contributed by atoms with Crippen molar-refractivity contribution < 1.29 is 9.53 Å². The van der Waals surface area contributed by atoms with Gasteiger partial charge in [0.15, 0.2) is 6.10 Å². The molecule has 0 aliphatic heterocycles. The SMILES string of the molecule is C[C@H](Oc1ccccc1C#N)C(=O)Nc1cccc2ccccc12. The van der Waals surface area contributed by atoms with Gasteiger partial charge in [0.25, 0.3) is 5.91 Å². The van der Waals surface area contributed by atoms with Gasteiger partial charge >= 0.3 is 0 Å². The molecule has 24 heavy (non-hydrogen) atoms. The normalized spacial score (nSPS) is 11.5. The fourth-order valence-corrected chi connectivity index (χ4v) is 2.47. The van der Waals surface area contributed by atoms with Crippen LogP contribution in [0.15, 0.2) is 66.7 Å². The van der Waals surface area contributed by atoms with Gasteiger partial charge in [0.2, 0.25) is 0 Å². The molecule has 3 aromatic rings. The van der Waals surface area contributed by atoms with Crippen molar-refractivity contribution in [1.82, 2.24) is 0 Å². The highest BCUT2D eigenvalue weighted by Crippen LogP contribution is 2.24. The van der Waals surface area contributed by atoms with Crippen molar-refractivity contribution in [1.29, 1.82) is 5.26 Å². The molecule has 0 fully saturated rings. The lowest BCUT2D eigenvalue weighted by atomic mass is 10.1. The standard InChI is InChI=1S/C20H16N2O2/c1-14(24-19-12-5-3-8-16(19)13-21)20(23)22-18-11-6-9-15-7-2-4-10-17(15)18/h2-12,14H,1H3,(H,22,23)/t14-/m0/s1. The molecule has 1 amide bonds. The number of benzene rings is 3. The summed E-state index contributed by atoms with van der Waals surface area (Å²) in [5.74, 6) is 0.139. The quantitative estimate of drug-likeness (QED) is 0.787. The third kappa shape index (κ3) is 3.21. The molecule has 0 saturated heterocycles. The molecule has 0 bridgehead atoms. The average Bonchev–Trinajstić information content (AvgIpc) is 2.62. The summed E-state index contributed by atoms with van der Waals surface area (Å²) in [5.41, 5.74) is 1.14. The van der Waals surface area contributed by atoms with Crippen LogP contribution >= 0.6 is 0 Å². The predicted octanol–water partition coefficient (Wildman–Crippen LogP) is 4.12. The zero-order chi connectivity index (χ0) is 16.9. The molecule has 0 aromatic heterocycles. The van der Waals surface area contributed by atoms with Crippen molar-refractivity contribution in [2.24, 2.45) is 0 Å². The van der Waals surface area contributed by atoms with E-state index >= 15 is 0 Å². The molecule has 1 atom stereocenters. The second-order valence-electron chi connectivity index (χ2n) is 5.38. The summed E-state index contributed by atoms with van der Waals surface area (Å²) in [5, 5.41) is 14.0. The minimum absolute atomic E-state index is 0.265. The molecule has 0 saturated carbocycles. The van der Waals surface area contributed by atoms with Crippen LogP contribution < -0.4 is 10.1 Å². The van der Waals surface area contributed by atoms with Crippen molar-refractivity contribution in [3.63, 3.8) is 0 Å². The maximum atomic E-state index is 12.4. The van der Waals surface area contributed by atoms with Crippen LogP contribution in [0.1, 0.15) is 12.5 Å². The lowest BCUT2D eigenvalue weighted by Crippen LogP contribution is -2.30. The second kappa shape index (κ2) is 6.84. The zero-order valence-electron chi connectivity index (χ0n) is 13.2. The van der Waals surface area contributed by atoms with Gasteiger partial charge < -0.3 is 10.1 Å². The fraction of sp³-hybridized carbons (Fsp3) is 0.100. The lowest BCUT2D eigenvalue weighted by Gasteiger charge is -2.16. The number of nitrogens with zero attached hydrogens (tertiary/aromatic N) is 1. The maximum absolute atomic E-state index is 12.4. The Kier molecular flexibility index (Phi) is 4.44. The summed E-state index contributed by atoms with van der Waals surface area (Å²) >= 11 is 0. The summed E-state index contributed by atoms with van der Waals surface area (Å²) in [7, 11) is 0. The van der Waals surface area contributed by atoms with Crippen LogP contribution in [0.4, 0.5) is 5.69 Å². The molecule has 0 aliphatic carbocycles. The third-order valence-corrected chi connectivity index (χ3v) is 3.73. The Hall–Kier alpha value is -3.32. The minimum Gasteiger partial charge on any atom is -0.480 e. The number of ether oxygens (including phenoxy) is 1. The number of nitriles is 1. The zero-order valence-corrected chi connectivity index (χ0v) is 13.2. The van der Waals surface area contributed by atoms with Crippen molar-refractivity contribution >= 4 is 22.4 Å². The molecule has 0 spiro atoms. The number of hydrogen-bond acceptors (Lipinski definition) is 3. The first kappa shape index (κ1) is 15.6. The molecule has 3 rings (SSSR count). The van der Waals surface area contributed by atoms with Gasteiger partial charge in [0.05, 0.1) is 5.56 Å². The number of carbonyl (C=O) groups is 1. The van der Waals surface area contributed by atoms with Gasteiger partial charge in [-0.3, -0.25) is 4.79 Å². The van der Waals surface area contributed by atoms with Crippen LogP contribution in [0.5, 0.6) is 5.75 Å². The number of para-hydroxylation sites is 1. The number of fused-ring (bicyclic) bond motifs is 1. The third-order valence-electron chi connectivity index (χ3n) is 3.73. The molecule has 1 N–H and O–H groups in total. The van der Waals surface area contributed by atoms with Gasteiger partial charge in [-0.15, -0.1) is 0 Å². The van der Waals surface area contributed by atoms with E-state index in [1.165, 1.54) is 0 Å². The van der Waals surface area contributed by atoms with E-state index in [0.29, 0.717) is 11.3 Å².